The summed E-state index contributed by atoms with van der Waals surface area (Å²) in [6.45, 7) is 6.92. The molecule has 156 valence electrons. The number of methoxy groups -OCH3 is 1. The molecule has 0 aliphatic carbocycles. The topological polar surface area (TPSA) is 53.5 Å². The van der Waals surface area contributed by atoms with Gasteiger partial charge in [0.05, 0.1) is 7.11 Å². The van der Waals surface area contributed by atoms with E-state index >= 15 is 0 Å². The summed E-state index contributed by atoms with van der Waals surface area (Å²) >= 11 is 0. The first-order valence-electron chi connectivity index (χ1n) is 11.0. The Morgan fingerprint density at radius 3 is 2.41 bits per heavy atom. The second kappa shape index (κ2) is 9.44. The van der Waals surface area contributed by atoms with Gasteiger partial charge in [0.1, 0.15) is 11.6 Å². The lowest BCUT2D eigenvalue weighted by molar-refractivity contribution is 0.207. The summed E-state index contributed by atoms with van der Waals surface area (Å²) in [5, 5.41) is 3.37. The Balaban J connectivity index is 1.47. The highest BCUT2D eigenvalue weighted by molar-refractivity contribution is 5.57. The molecule has 2 aromatic rings. The van der Waals surface area contributed by atoms with Crippen LogP contribution in [-0.4, -0.2) is 54.2 Å². The molecule has 1 aromatic heterocycles. The van der Waals surface area contributed by atoms with Crippen molar-refractivity contribution in [3.8, 4) is 5.75 Å². The monoisotopic (exact) mass is 395 g/mol. The van der Waals surface area contributed by atoms with Gasteiger partial charge >= 0.3 is 0 Å². The van der Waals surface area contributed by atoms with Crippen LogP contribution in [0.3, 0.4) is 0 Å². The average molecular weight is 396 g/mol. The second-order valence-corrected chi connectivity index (χ2v) is 8.11. The lowest BCUT2D eigenvalue weighted by Gasteiger charge is -2.37. The minimum absolute atomic E-state index is 0.679. The molecular formula is C23H33N5O. The number of aryl methyl sites for hydroxylation is 1. The van der Waals surface area contributed by atoms with Crippen LogP contribution in [0.2, 0.25) is 0 Å². The van der Waals surface area contributed by atoms with Crippen molar-refractivity contribution >= 4 is 17.5 Å². The maximum atomic E-state index is 5.25. The highest BCUT2D eigenvalue weighted by atomic mass is 16.5. The molecule has 6 heteroatoms. The molecule has 1 aromatic carbocycles. The summed E-state index contributed by atoms with van der Waals surface area (Å²) in [5.74, 6) is 2.58. The lowest BCUT2D eigenvalue weighted by atomic mass is 10.0. The number of nitrogens with one attached hydrogen (secondary N) is 1. The summed E-state index contributed by atoms with van der Waals surface area (Å²) in [4.78, 5) is 14.7. The van der Waals surface area contributed by atoms with Gasteiger partial charge in [-0.15, -0.1) is 0 Å². The van der Waals surface area contributed by atoms with Gasteiger partial charge in [-0.05, 0) is 69.5 Å². The number of hydrogen-bond donors (Lipinski definition) is 1. The van der Waals surface area contributed by atoms with Gasteiger partial charge < -0.3 is 19.9 Å². The van der Waals surface area contributed by atoms with Gasteiger partial charge in [-0.25, -0.2) is 4.98 Å². The van der Waals surface area contributed by atoms with Crippen molar-refractivity contribution in [2.45, 2.75) is 51.5 Å². The Morgan fingerprint density at radius 1 is 1.03 bits per heavy atom. The number of rotatable bonds is 7. The number of nitrogens with zero attached hydrogens (tertiary/aromatic N) is 4. The van der Waals surface area contributed by atoms with E-state index in [2.05, 4.69) is 28.1 Å². The van der Waals surface area contributed by atoms with Crippen LogP contribution >= 0.6 is 0 Å². The normalized spacial score (nSPS) is 18.2. The molecular weight excluding hydrogens is 362 g/mol. The molecule has 0 bridgehead atoms. The summed E-state index contributed by atoms with van der Waals surface area (Å²) in [7, 11) is 1.68. The number of aromatic nitrogens is 2. The van der Waals surface area contributed by atoms with E-state index in [-0.39, 0.29) is 0 Å². The van der Waals surface area contributed by atoms with Gasteiger partial charge in [-0.1, -0.05) is 13.3 Å². The van der Waals surface area contributed by atoms with Gasteiger partial charge in [0.25, 0.3) is 0 Å². The van der Waals surface area contributed by atoms with Crippen molar-refractivity contribution in [1.29, 1.82) is 0 Å². The fourth-order valence-electron chi connectivity index (χ4n) is 4.46. The number of hydrogen-bond acceptors (Lipinski definition) is 6. The summed E-state index contributed by atoms with van der Waals surface area (Å²) in [6.07, 6.45) is 7.25. The number of piperidine rings is 1. The summed E-state index contributed by atoms with van der Waals surface area (Å²) in [5.41, 5.74) is 2.08. The zero-order valence-corrected chi connectivity index (χ0v) is 17.7. The molecule has 2 fully saturated rings. The van der Waals surface area contributed by atoms with Crippen LogP contribution in [0.25, 0.3) is 0 Å². The molecule has 2 aliphatic rings. The highest BCUT2D eigenvalue weighted by Gasteiger charge is 2.27. The van der Waals surface area contributed by atoms with E-state index in [9.17, 15) is 0 Å². The molecule has 1 N–H and O–H groups in total. The van der Waals surface area contributed by atoms with Crippen LogP contribution in [0.15, 0.2) is 30.3 Å². The molecule has 4 rings (SSSR count). The molecule has 0 atom stereocenters. The van der Waals surface area contributed by atoms with Crippen molar-refractivity contribution < 1.29 is 4.74 Å². The summed E-state index contributed by atoms with van der Waals surface area (Å²) in [6, 6.07) is 10.8. The molecule has 2 saturated heterocycles. The SMILES string of the molecule is CCCc1cc(N2CCC(N3CCCC3)CC2)nc(Nc2ccc(OC)cc2)n1. The fraction of sp³-hybridized carbons (Fsp3) is 0.565. The van der Waals surface area contributed by atoms with E-state index < -0.39 is 0 Å². The predicted octanol–water partition coefficient (Wildman–Crippen LogP) is 4.25. The molecule has 0 radical (unpaired) electrons. The first-order chi connectivity index (χ1) is 14.2. The average Bonchev–Trinajstić information content (AvgIpc) is 3.29. The zero-order valence-electron chi connectivity index (χ0n) is 17.7. The van der Waals surface area contributed by atoms with Gasteiger partial charge in [-0.2, -0.15) is 4.98 Å². The quantitative estimate of drug-likeness (QED) is 0.757. The standard InChI is InChI=1S/C23H33N5O/c1-3-6-19-17-22(28-15-11-20(12-16-28)27-13-4-5-14-27)26-23(25-19)24-18-7-9-21(29-2)10-8-18/h7-10,17,20H,3-6,11-16H2,1-2H3,(H,24,25,26). The maximum absolute atomic E-state index is 5.25. The van der Waals surface area contributed by atoms with Gasteiger partial charge in [0, 0.05) is 36.6 Å². The molecule has 0 unspecified atom stereocenters. The van der Waals surface area contributed by atoms with Crippen molar-refractivity contribution in [2.75, 3.05) is 43.5 Å². The first-order valence-corrected chi connectivity index (χ1v) is 11.0. The molecule has 0 amide bonds. The minimum Gasteiger partial charge on any atom is -0.497 e. The van der Waals surface area contributed by atoms with Crippen molar-refractivity contribution in [1.82, 2.24) is 14.9 Å². The van der Waals surface area contributed by atoms with Gasteiger partial charge in [0.2, 0.25) is 5.95 Å². The van der Waals surface area contributed by atoms with E-state index in [0.29, 0.717) is 5.95 Å². The van der Waals surface area contributed by atoms with E-state index in [0.717, 1.165) is 54.9 Å². The Morgan fingerprint density at radius 2 is 1.76 bits per heavy atom. The first kappa shape index (κ1) is 20.0. The Kier molecular flexibility index (Phi) is 6.49. The van der Waals surface area contributed by atoms with E-state index in [4.69, 9.17) is 14.7 Å². The zero-order chi connectivity index (χ0) is 20.1. The van der Waals surface area contributed by atoms with Crippen LogP contribution in [0.4, 0.5) is 17.5 Å². The van der Waals surface area contributed by atoms with Gasteiger partial charge in [0.15, 0.2) is 0 Å². The predicted molar refractivity (Wildman–Crippen MR) is 118 cm³/mol. The Labute approximate surface area is 174 Å². The van der Waals surface area contributed by atoms with Crippen LogP contribution in [0.5, 0.6) is 5.75 Å². The fourth-order valence-corrected chi connectivity index (χ4v) is 4.46. The maximum Gasteiger partial charge on any atom is 0.229 e. The Bertz CT molecular complexity index is 780. The van der Waals surface area contributed by atoms with Gasteiger partial charge in [-0.3, -0.25) is 0 Å². The van der Waals surface area contributed by atoms with E-state index in [1.165, 1.54) is 38.8 Å². The van der Waals surface area contributed by atoms with E-state index in [1.807, 2.05) is 24.3 Å². The number of benzene rings is 1. The molecule has 0 spiro atoms. The smallest absolute Gasteiger partial charge is 0.229 e. The van der Waals surface area contributed by atoms with E-state index in [1.54, 1.807) is 7.11 Å². The molecule has 3 heterocycles. The third kappa shape index (κ3) is 4.99. The van der Waals surface area contributed by atoms with Crippen molar-refractivity contribution in [3.63, 3.8) is 0 Å². The third-order valence-electron chi connectivity index (χ3n) is 6.06. The molecule has 2 aliphatic heterocycles. The third-order valence-corrected chi connectivity index (χ3v) is 6.06. The lowest BCUT2D eigenvalue weighted by Crippen LogP contribution is -2.44. The van der Waals surface area contributed by atoms with Crippen molar-refractivity contribution in [3.05, 3.63) is 36.0 Å². The molecule has 6 nitrogen and oxygen atoms in total. The number of anilines is 3. The number of likely N-dealkylation sites (tertiary alicyclic amines) is 1. The van der Waals surface area contributed by atoms with Crippen LogP contribution in [0.1, 0.15) is 44.7 Å². The van der Waals surface area contributed by atoms with Crippen LogP contribution in [0, 0.1) is 0 Å². The van der Waals surface area contributed by atoms with Crippen molar-refractivity contribution in [2.24, 2.45) is 0 Å². The summed E-state index contributed by atoms with van der Waals surface area (Å²) < 4.78 is 5.25. The van der Waals surface area contributed by atoms with Crippen LogP contribution in [-0.2, 0) is 6.42 Å². The molecule has 0 saturated carbocycles. The molecule has 29 heavy (non-hydrogen) atoms. The highest BCUT2D eigenvalue weighted by Crippen LogP contribution is 2.26. The second-order valence-electron chi connectivity index (χ2n) is 8.11. The largest absolute Gasteiger partial charge is 0.497 e. The minimum atomic E-state index is 0.679. The van der Waals surface area contributed by atoms with Crippen LogP contribution < -0.4 is 15.0 Å². The Hall–Kier alpha value is -2.34. The number of ether oxygens (including phenoxy) is 1.